The molecule has 24 heavy (non-hydrogen) atoms. The fraction of sp³-hybridized carbons (Fsp3) is 0.278. The number of nitrogens with two attached hydrogens (primary N) is 1. The van der Waals surface area contributed by atoms with E-state index in [1.54, 1.807) is 22.7 Å². The molecule has 3 aromatic rings. The Bertz CT molecular complexity index is 698. The van der Waals surface area contributed by atoms with Crippen LogP contribution in [0.15, 0.2) is 54.0 Å². The highest BCUT2D eigenvalue weighted by atomic mass is 35.5. The second-order valence-electron chi connectivity index (χ2n) is 5.41. The van der Waals surface area contributed by atoms with Gasteiger partial charge >= 0.3 is 0 Å². The van der Waals surface area contributed by atoms with Crippen LogP contribution in [0.25, 0.3) is 9.88 Å². The van der Waals surface area contributed by atoms with E-state index in [-0.39, 0.29) is 12.4 Å². The molecular weight excluding hydrogens is 358 g/mol. The Morgan fingerprint density at radius 2 is 1.88 bits per heavy atom. The zero-order valence-electron chi connectivity index (χ0n) is 13.4. The number of halogens is 1. The minimum atomic E-state index is 0. The predicted octanol–water partition coefficient (Wildman–Crippen LogP) is 4.30. The fourth-order valence-electron chi connectivity index (χ4n) is 2.50. The topological polar surface area (TPSA) is 42.1 Å². The van der Waals surface area contributed by atoms with E-state index in [9.17, 15) is 0 Å². The number of thiazole rings is 1. The van der Waals surface area contributed by atoms with Crippen molar-refractivity contribution < 1.29 is 0 Å². The SMILES string of the molecule is Cl.NCCN(CCc1ccccc1)Cc1cnc(-c2cccs2)s1. The van der Waals surface area contributed by atoms with Gasteiger partial charge in [-0.25, -0.2) is 4.98 Å². The molecule has 0 aliphatic heterocycles. The van der Waals surface area contributed by atoms with Crippen molar-refractivity contribution in [3.05, 3.63) is 64.5 Å². The maximum atomic E-state index is 5.78. The van der Waals surface area contributed by atoms with E-state index in [1.807, 2.05) is 6.20 Å². The lowest BCUT2D eigenvalue weighted by Crippen LogP contribution is -2.30. The Hall–Kier alpha value is -1.24. The Labute approximate surface area is 157 Å². The van der Waals surface area contributed by atoms with Crippen LogP contribution in [0.3, 0.4) is 0 Å². The van der Waals surface area contributed by atoms with Crippen molar-refractivity contribution in [1.82, 2.24) is 9.88 Å². The van der Waals surface area contributed by atoms with Crippen LogP contribution in [-0.4, -0.2) is 29.5 Å². The molecule has 3 rings (SSSR count). The zero-order chi connectivity index (χ0) is 15.9. The van der Waals surface area contributed by atoms with Gasteiger partial charge in [0.05, 0.1) is 4.88 Å². The van der Waals surface area contributed by atoms with E-state index in [1.165, 1.54) is 15.3 Å². The molecule has 2 aromatic heterocycles. The average molecular weight is 380 g/mol. The van der Waals surface area contributed by atoms with Crippen LogP contribution in [0.4, 0.5) is 0 Å². The van der Waals surface area contributed by atoms with Crippen molar-refractivity contribution in [1.29, 1.82) is 0 Å². The van der Waals surface area contributed by atoms with E-state index in [0.29, 0.717) is 6.54 Å². The molecule has 0 spiro atoms. The highest BCUT2D eigenvalue weighted by Gasteiger charge is 2.10. The number of aromatic nitrogens is 1. The van der Waals surface area contributed by atoms with Gasteiger partial charge in [0.2, 0.25) is 0 Å². The third kappa shape index (κ3) is 5.40. The second-order valence-corrected chi connectivity index (χ2v) is 7.47. The summed E-state index contributed by atoms with van der Waals surface area (Å²) in [5.74, 6) is 0. The number of rotatable bonds is 8. The molecule has 3 nitrogen and oxygen atoms in total. The molecule has 0 amide bonds. The minimum absolute atomic E-state index is 0. The minimum Gasteiger partial charge on any atom is -0.329 e. The lowest BCUT2D eigenvalue weighted by molar-refractivity contribution is 0.278. The summed E-state index contributed by atoms with van der Waals surface area (Å²) in [6.45, 7) is 3.55. The quantitative estimate of drug-likeness (QED) is 0.634. The molecule has 2 N–H and O–H groups in total. The molecule has 128 valence electrons. The molecule has 1 aromatic carbocycles. The molecule has 6 heteroatoms. The van der Waals surface area contributed by atoms with Gasteiger partial charge in [-0.15, -0.1) is 35.1 Å². The number of thiophene rings is 1. The van der Waals surface area contributed by atoms with Gasteiger partial charge in [0, 0.05) is 37.3 Å². The van der Waals surface area contributed by atoms with Crippen LogP contribution in [0, 0.1) is 0 Å². The molecule has 0 fully saturated rings. The van der Waals surface area contributed by atoms with Crippen molar-refractivity contribution in [2.45, 2.75) is 13.0 Å². The predicted molar refractivity (Wildman–Crippen MR) is 107 cm³/mol. The molecule has 0 saturated carbocycles. The van der Waals surface area contributed by atoms with Crippen molar-refractivity contribution >= 4 is 35.1 Å². The van der Waals surface area contributed by atoms with Gasteiger partial charge in [-0.3, -0.25) is 4.90 Å². The molecule has 0 aliphatic carbocycles. The summed E-state index contributed by atoms with van der Waals surface area (Å²) >= 11 is 3.52. The largest absolute Gasteiger partial charge is 0.329 e. The van der Waals surface area contributed by atoms with Crippen molar-refractivity contribution in [3.8, 4) is 9.88 Å². The highest BCUT2D eigenvalue weighted by molar-refractivity contribution is 7.20. The molecule has 0 aliphatic rings. The lowest BCUT2D eigenvalue weighted by atomic mass is 10.1. The van der Waals surface area contributed by atoms with Crippen LogP contribution >= 0.6 is 35.1 Å². The van der Waals surface area contributed by atoms with Gasteiger partial charge in [0.1, 0.15) is 5.01 Å². The van der Waals surface area contributed by atoms with Crippen LogP contribution in [-0.2, 0) is 13.0 Å². The number of nitrogens with zero attached hydrogens (tertiary/aromatic N) is 2. The third-order valence-corrected chi connectivity index (χ3v) is 5.69. The fourth-order valence-corrected chi connectivity index (χ4v) is 4.26. The molecule has 0 atom stereocenters. The standard InChI is InChI=1S/C18H21N3S2.ClH/c19-9-11-21(10-8-15-5-2-1-3-6-15)14-16-13-20-18(23-16)17-7-4-12-22-17;/h1-7,12-13H,8-11,14,19H2;1H. The Balaban J connectivity index is 0.00000208. The zero-order valence-corrected chi connectivity index (χ0v) is 15.9. The monoisotopic (exact) mass is 379 g/mol. The van der Waals surface area contributed by atoms with Gasteiger partial charge in [-0.05, 0) is 23.4 Å². The molecule has 0 saturated heterocycles. The molecular formula is C18H22ClN3S2. The summed E-state index contributed by atoms with van der Waals surface area (Å²) in [6, 6.07) is 14.8. The van der Waals surface area contributed by atoms with Gasteiger partial charge in [0.15, 0.2) is 0 Å². The molecule has 0 unspecified atom stereocenters. The maximum absolute atomic E-state index is 5.78. The number of hydrogen-bond acceptors (Lipinski definition) is 5. The first-order chi connectivity index (χ1) is 11.3. The normalized spacial score (nSPS) is 10.8. The van der Waals surface area contributed by atoms with Gasteiger partial charge in [-0.2, -0.15) is 0 Å². The van der Waals surface area contributed by atoms with Crippen molar-refractivity contribution in [3.63, 3.8) is 0 Å². The van der Waals surface area contributed by atoms with E-state index < -0.39 is 0 Å². The van der Waals surface area contributed by atoms with Crippen LogP contribution in [0.5, 0.6) is 0 Å². The summed E-state index contributed by atoms with van der Waals surface area (Å²) in [7, 11) is 0. The molecule has 2 heterocycles. The Morgan fingerprint density at radius 1 is 1.04 bits per heavy atom. The first-order valence-corrected chi connectivity index (χ1v) is 9.49. The summed E-state index contributed by atoms with van der Waals surface area (Å²) in [4.78, 5) is 9.52. The summed E-state index contributed by atoms with van der Waals surface area (Å²) in [5.41, 5.74) is 7.16. The summed E-state index contributed by atoms with van der Waals surface area (Å²) in [5, 5.41) is 3.21. The van der Waals surface area contributed by atoms with Crippen LogP contribution < -0.4 is 5.73 Å². The van der Waals surface area contributed by atoms with E-state index in [2.05, 4.69) is 57.7 Å². The first kappa shape index (κ1) is 19.1. The number of benzene rings is 1. The first-order valence-electron chi connectivity index (χ1n) is 7.80. The van der Waals surface area contributed by atoms with Crippen molar-refractivity contribution in [2.75, 3.05) is 19.6 Å². The molecule has 0 bridgehead atoms. The third-order valence-electron chi connectivity index (χ3n) is 3.67. The average Bonchev–Trinajstić information content (AvgIpc) is 3.25. The van der Waals surface area contributed by atoms with E-state index >= 15 is 0 Å². The van der Waals surface area contributed by atoms with Gasteiger partial charge in [-0.1, -0.05) is 36.4 Å². The Morgan fingerprint density at radius 3 is 2.58 bits per heavy atom. The summed E-state index contributed by atoms with van der Waals surface area (Å²) < 4.78 is 0. The Kier molecular flexibility index (Phi) is 7.88. The van der Waals surface area contributed by atoms with Gasteiger partial charge in [0.25, 0.3) is 0 Å². The second kappa shape index (κ2) is 9.91. The smallest absolute Gasteiger partial charge is 0.133 e. The van der Waals surface area contributed by atoms with Crippen molar-refractivity contribution in [2.24, 2.45) is 5.73 Å². The molecule has 0 radical (unpaired) electrons. The summed E-state index contributed by atoms with van der Waals surface area (Å²) in [6.07, 6.45) is 3.06. The van der Waals surface area contributed by atoms with E-state index in [0.717, 1.165) is 31.1 Å². The van der Waals surface area contributed by atoms with Gasteiger partial charge < -0.3 is 5.73 Å². The lowest BCUT2D eigenvalue weighted by Gasteiger charge is -2.20. The van der Waals surface area contributed by atoms with E-state index in [4.69, 9.17) is 5.73 Å². The maximum Gasteiger partial charge on any atom is 0.133 e. The highest BCUT2D eigenvalue weighted by Crippen LogP contribution is 2.29. The van der Waals surface area contributed by atoms with Crippen LogP contribution in [0.1, 0.15) is 10.4 Å². The van der Waals surface area contributed by atoms with Crippen LogP contribution in [0.2, 0.25) is 0 Å². The number of hydrogen-bond donors (Lipinski definition) is 1.